The molecule has 2 heteroatoms. The Morgan fingerprint density at radius 1 is 0.750 bits per heavy atom. The van der Waals surface area contributed by atoms with E-state index in [0.29, 0.717) is 0 Å². The lowest BCUT2D eigenvalue weighted by atomic mass is 9.91. The highest BCUT2D eigenvalue weighted by Gasteiger charge is 2.24. The van der Waals surface area contributed by atoms with Crippen molar-refractivity contribution < 1.29 is 4.57 Å². The van der Waals surface area contributed by atoms with Gasteiger partial charge < -0.3 is 0 Å². The first-order valence-electron chi connectivity index (χ1n) is 8.58. The second kappa shape index (κ2) is 5.70. The summed E-state index contributed by atoms with van der Waals surface area (Å²) in [5.41, 5.74) is 11.7. The monoisotopic (exact) mass is 319 g/mol. The molecule has 124 valence electrons. The Balaban J connectivity index is 2.55. The molecule has 0 bridgehead atoms. The number of fused-ring (bicyclic) bond motifs is 1. The topological polar surface area (TPSA) is 16.8 Å². The number of benzene rings is 2. The van der Waals surface area contributed by atoms with E-state index in [-0.39, 0.29) is 0 Å². The van der Waals surface area contributed by atoms with Gasteiger partial charge in [-0.1, -0.05) is 12.1 Å². The Kier molecular flexibility index (Phi) is 3.95. The third kappa shape index (κ3) is 2.32. The van der Waals surface area contributed by atoms with Gasteiger partial charge in [-0.3, -0.25) is 0 Å². The zero-order valence-corrected chi connectivity index (χ0v) is 16.1. The molecule has 0 spiro atoms. The van der Waals surface area contributed by atoms with Gasteiger partial charge in [0.2, 0.25) is 0 Å². The van der Waals surface area contributed by atoms with Crippen molar-refractivity contribution >= 4 is 10.9 Å². The Morgan fingerprint density at radius 2 is 1.38 bits per heavy atom. The fraction of sp³-hybridized carbons (Fsp3) is 0.364. The molecular weight excluding hydrogens is 292 g/mol. The Labute approximate surface area is 145 Å². The molecule has 0 amide bonds. The number of rotatable bonds is 1. The summed E-state index contributed by atoms with van der Waals surface area (Å²) in [5, 5.41) is 1.28. The summed E-state index contributed by atoms with van der Waals surface area (Å²) in [7, 11) is 2.12. The van der Waals surface area contributed by atoms with Gasteiger partial charge in [0, 0.05) is 18.1 Å². The van der Waals surface area contributed by atoms with Crippen molar-refractivity contribution in [2.45, 2.75) is 48.5 Å². The van der Waals surface area contributed by atoms with E-state index < -0.39 is 0 Å². The van der Waals surface area contributed by atoms with Crippen molar-refractivity contribution in [2.24, 2.45) is 7.05 Å². The highest BCUT2D eigenvalue weighted by molar-refractivity contribution is 5.96. The van der Waals surface area contributed by atoms with Gasteiger partial charge in [0.25, 0.3) is 5.82 Å². The zero-order valence-electron chi connectivity index (χ0n) is 16.1. The third-order valence-electron chi connectivity index (χ3n) is 5.77. The normalized spacial score (nSPS) is 11.3. The van der Waals surface area contributed by atoms with E-state index in [9.17, 15) is 0 Å². The Morgan fingerprint density at radius 3 is 2.00 bits per heavy atom. The molecule has 3 aromatic rings. The van der Waals surface area contributed by atoms with Crippen LogP contribution in [0.5, 0.6) is 0 Å². The standard InChI is InChI=1S/C22H27N2/c1-12-9-10-19(11-13(12)2)22-20-16(5)14(3)15(4)17(6)21(20)23-18(7)24(22)8/h9-11H,1-8H3/q+1. The van der Waals surface area contributed by atoms with Crippen molar-refractivity contribution in [3.05, 3.63) is 57.4 Å². The van der Waals surface area contributed by atoms with Crippen LogP contribution in [-0.2, 0) is 7.05 Å². The van der Waals surface area contributed by atoms with Crippen LogP contribution >= 0.6 is 0 Å². The molecule has 24 heavy (non-hydrogen) atoms. The average molecular weight is 319 g/mol. The first-order chi connectivity index (χ1) is 11.2. The van der Waals surface area contributed by atoms with Crippen LogP contribution in [0.3, 0.4) is 0 Å². The average Bonchev–Trinajstić information content (AvgIpc) is 2.55. The highest BCUT2D eigenvalue weighted by atomic mass is 15.0. The van der Waals surface area contributed by atoms with Crippen LogP contribution in [0.25, 0.3) is 22.2 Å². The van der Waals surface area contributed by atoms with Gasteiger partial charge in [-0.2, -0.15) is 0 Å². The zero-order chi connectivity index (χ0) is 17.8. The van der Waals surface area contributed by atoms with Crippen LogP contribution in [-0.4, -0.2) is 4.98 Å². The molecule has 0 fully saturated rings. The van der Waals surface area contributed by atoms with E-state index in [0.717, 1.165) is 11.3 Å². The molecule has 2 nitrogen and oxygen atoms in total. The van der Waals surface area contributed by atoms with Crippen LogP contribution < -0.4 is 4.57 Å². The second-order valence-electron chi connectivity index (χ2n) is 7.09. The maximum Gasteiger partial charge on any atom is 0.296 e. The molecule has 0 N–H and O–H groups in total. The summed E-state index contributed by atoms with van der Waals surface area (Å²) < 4.78 is 2.23. The van der Waals surface area contributed by atoms with Crippen molar-refractivity contribution in [1.29, 1.82) is 0 Å². The summed E-state index contributed by atoms with van der Waals surface area (Å²) in [6.07, 6.45) is 0. The summed E-state index contributed by atoms with van der Waals surface area (Å²) in [4.78, 5) is 4.93. The predicted octanol–water partition coefficient (Wildman–Crippen LogP) is 4.89. The molecule has 0 radical (unpaired) electrons. The molecule has 0 saturated heterocycles. The quantitative estimate of drug-likeness (QED) is 0.584. The molecule has 0 atom stereocenters. The maximum absolute atomic E-state index is 4.93. The summed E-state index contributed by atoms with van der Waals surface area (Å²) >= 11 is 0. The fourth-order valence-corrected chi connectivity index (χ4v) is 3.52. The van der Waals surface area contributed by atoms with Crippen LogP contribution in [0.4, 0.5) is 0 Å². The minimum absolute atomic E-state index is 1.04. The van der Waals surface area contributed by atoms with Gasteiger partial charge >= 0.3 is 0 Å². The van der Waals surface area contributed by atoms with Crippen LogP contribution in [0.1, 0.15) is 39.2 Å². The summed E-state index contributed by atoms with van der Waals surface area (Å²) in [6, 6.07) is 6.75. The lowest BCUT2D eigenvalue weighted by Crippen LogP contribution is -2.36. The summed E-state index contributed by atoms with van der Waals surface area (Å²) in [5.74, 6) is 1.04. The number of hydrogen-bond acceptors (Lipinski definition) is 1. The molecule has 0 aliphatic heterocycles. The van der Waals surface area contributed by atoms with Crippen molar-refractivity contribution in [3.8, 4) is 11.3 Å². The minimum atomic E-state index is 1.04. The first-order valence-corrected chi connectivity index (χ1v) is 8.58. The van der Waals surface area contributed by atoms with Crippen LogP contribution in [0.15, 0.2) is 18.2 Å². The fourth-order valence-electron chi connectivity index (χ4n) is 3.52. The van der Waals surface area contributed by atoms with Crippen molar-refractivity contribution in [1.82, 2.24) is 4.98 Å². The largest absolute Gasteiger partial charge is 0.296 e. The number of aromatic nitrogens is 2. The van der Waals surface area contributed by atoms with Gasteiger partial charge in [-0.15, -0.1) is 0 Å². The second-order valence-corrected chi connectivity index (χ2v) is 7.09. The van der Waals surface area contributed by atoms with Gasteiger partial charge in [-0.25, -0.2) is 4.57 Å². The lowest BCUT2D eigenvalue weighted by molar-refractivity contribution is -0.668. The maximum atomic E-state index is 4.93. The molecule has 2 aromatic carbocycles. The van der Waals surface area contributed by atoms with Crippen LogP contribution in [0.2, 0.25) is 0 Å². The predicted molar refractivity (Wildman–Crippen MR) is 102 cm³/mol. The van der Waals surface area contributed by atoms with Gasteiger partial charge in [0.05, 0.1) is 12.4 Å². The number of aryl methyl sites for hydroxylation is 5. The number of nitrogens with zero attached hydrogens (tertiary/aromatic N) is 2. The molecule has 1 heterocycles. The van der Waals surface area contributed by atoms with Crippen LogP contribution in [0, 0.1) is 48.5 Å². The molecule has 0 aliphatic rings. The van der Waals surface area contributed by atoms with E-state index in [4.69, 9.17) is 4.98 Å². The van der Waals surface area contributed by atoms with Crippen molar-refractivity contribution in [3.63, 3.8) is 0 Å². The van der Waals surface area contributed by atoms with E-state index >= 15 is 0 Å². The first kappa shape index (κ1) is 16.6. The number of hydrogen-bond donors (Lipinski definition) is 0. The molecule has 3 rings (SSSR count). The third-order valence-corrected chi connectivity index (χ3v) is 5.77. The van der Waals surface area contributed by atoms with Gasteiger partial charge in [0.15, 0.2) is 5.52 Å². The van der Waals surface area contributed by atoms with E-state index in [1.807, 2.05) is 0 Å². The lowest BCUT2D eigenvalue weighted by Gasteiger charge is -2.16. The highest BCUT2D eigenvalue weighted by Crippen LogP contribution is 2.34. The molecule has 1 aromatic heterocycles. The van der Waals surface area contributed by atoms with E-state index in [2.05, 4.69) is 78.3 Å². The minimum Gasteiger partial charge on any atom is -0.230 e. The van der Waals surface area contributed by atoms with E-state index in [1.165, 1.54) is 50.0 Å². The van der Waals surface area contributed by atoms with Gasteiger partial charge in [-0.05, 0) is 80.4 Å². The molecule has 0 aliphatic carbocycles. The Hall–Kier alpha value is -2.22. The molecule has 0 saturated carbocycles. The smallest absolute Gasteiger partial charge is 0.230 e. The molecule has 0 unspecified atom stereocenters. The van der Waals surface area contributed by atoms with Crippen molar-refractivity contribution in [2.75, 3.05) is 0 Å². The van der Waals surface area contributed by atoms with E-state index in [1.54, 1.807) is 0 Å². The van der Waals surface area contributed by atoms with Gasteiger partial charge in [0.1, 0.15) is 5.69 Å². The Bertz CT molecular complexity index is 982. The SMILES string of the molecule is Cc1ccc(-c2c3c(C)c(C)c(C)c(C)c3nc(C)[n+]2C)cc1C. The molecular formula is C22H27N2+. The summed E-state index contributed by atoms with van der Waals surface area (Å²) in [6.45, 7) is 15.3.